The number of ether oxygens (including phenoxy) is 1. The Morgan fingerprint density at radius 1 is 1.23 bits per heavy atom. The summed E-state index contributed by atoms with van der Waals surface area (Å²) in [5.74, 6) is 5.99. The summed E-state index contributed by atoms with van der Waals surface area (Å²) in [4.78, 5) is 24.8. The van der Waals surface area contributed by atoms with Crippen molar-refractivity contribution in [3.8, 4) is 5.75 Å². The Kier molecular flexibility index (Phi) is 6.96. The first kappa shape index (κ1) is 21.7. The van der Waals surface area contributed by atoms with E-state index in [-0.39, 0.29) is 22.5 Å². The van der Waals surface area contributed by atoms with E-state index in [9.17, 15) is 9.59 Å². The third-order valence-electron chi connectivity index (χ3n) is 4.19. The van der Waals surface area contributed by atoms with Crippen molar-refractivity contribution in [3.63, 3.8) is 0 Å². The van der Waals surface area contributed by atoms with Crippen LogP contribution in [0.2, 0.25) is 5.02 Å². The second-order valence-corrected chi connectivity index (χ2v) is 7.83. The number of nitrogens with zero attached hydrogens (tertiary/aromatic N) is 3. The Hall–Kier alpha value is -3.04. The van der Waals surface area contributed by atoms with Crippen molar-refractivity contribution in [1.82, 2.24) is 14.9 Å². The molecule has 0 aliphatic heterocycles. The maximum absolute atomic E-state index is 12.5. The fourth-order valence-corrected chi connectivity index (χ4v) is 3.45. The van der Waals surface area contributed by atoms with Crippen molar-refractivity contribution in [2.75, 3.05) is 24.0 Å². The molecule has 10 heteroatoms. The molecule has 1 amide bonds. The van der Waals surface area contributed by atoms with Crippen molar-refractivity contribution in [1.29, 1.82) is 0 Å². The lowest BCUT2D eigenvalue weighted by Gasteiger charge is -2.11. The van der Waals surface area contributed by atoms with Crippen LogP contribution in [-0.2, 0) is 11.2 Å². The van der Waals surface area contributed by atoms with Crippen LogP contribution in [0.3, 0.4) is 0 Å². The first-order valence-electron chi connectivity index (χ1n) is 8.93. The molecule has 3 rings (SSSR count). The minimum Gasteiger partial charge on any atom is -0.495 e. The van der Waals surface area contributed by atoms with Gasteiger partial charge in [-0.2, -0.15) is 4.68 Å². The lowest BCUT2D eigenvalue weighted by atomic mass is 10.1. The maximum Gasteiger partial charge on any atom is 0.294 e. The van der Waals surface area contributed by atoms with Gasteiger partial charge in [-0.15, -0.1) is 10.2 Å². The number of hydrogen-bond donors (Lipinski definition) is 2. The molecule has 0 aliphatic carbocycles. The van der Waals surface area contributed by atoms with Gasteiger partial charge in [0.1, 0.15) is 11.4 Å². The van der Waals surface area contributed by atoms with Gasteiger partial charge in [-0.25, -0.2) is 0 Å². The minimum atomic E-state index is -0.454. The minimum absolute atomic E-state index is 0.0295. The molecule has 30 heavy (non-hydrogen) atoms. The lowest BCUT2D eigenvalue weighted by molar-refractivity contribution is -0.113. The van der Waals surface area contributed by atoms with E-state index in [1.807, 2.05) is 31.2 Å². The van der Waals surface area contributed by atoms with Crippen LogP contribution in [0.15, 0.2) is 52.4 Å². The van der Waals surface area contributed by atoms with Gasteiger partial charge in [0, 0.05) is 11.4 Å². The fourth-order valence-electron chi connectivity index (χ4n) is 2.62. The number of aromatic nitrogens is 3. The zero-order chi connectivity index (χ0) is 21.7. The van der Waals surface area contributed by atoms with Crippen LogP contribution in [0.1, 0.15) is 16.8 Å². The van der Waals surface area contributed by atoms with Crippen molar-refractivity contribution < 1.29 is 9.53 Å². The van der Waals surface area contributed by atoms with Crippen LogP contribution in [0, 0.1) is 6.92 Å². The molecule has 0 saturated heterocycles. The quantitative estimate of drug-likeness (QED) is 0.424. The number of anilines is 1. The second kappa shape index (κ2) is 9.64. The third-order valence-corrected chi connectivity index (χ3v) is 5.37. The molecular formula is C20H20ClN5O3S. The molecule has 8 nitrogen and oxygen atoms in total. The number of rotatable bonds is 7. The predicted octanol–water partition coefficient (Wildman–Crippen LogP) is 2.64. The number of nitrogen functional groups attached to an aromatic ring is 1. The van der Waals surface area contributed by atoms with E-state index in [0.29, 0.717) is 22.9 Å². The lowest BCUT2D eigenvalue weighted by Crippen LogP contribution is -2.34. The SMILES string of the molecule is COc1ccc(Cl)cc1NC(=O)CSc1nnc(Cc2ccc(C)cc2)c(=O)n1N. The summed E-state index contributed by atoms with van der Waals surface area (Å²) >= 11 is 6.97. The van der Waals surface area contributed by atoms with Crippen molar-refractivity contribution in [2.24, 2.45) is 0 Å². The zero-order valence-electron chi connectivity index (χ0n) is 16.4. The first-order chi connectivity index (χ1) is 14.4. The Morgan fingerprint density at radius 3 is 2.67 bits per heavy atom. The van der Waals surface area contributed by atoms with Gasteiger partial charge < -0.3 is 15.9 Å². The standard InChI is InChI=1S/C20H20ClN5O3S/c1-12-3-5-13(6-4-12)9-16-19(28)26(22)20(25-24-16)30-11-18(27)23-15-10-14(21)7-8-17(15)29-2/h3-8,10H,9,11,22H2,1-2H3,(H,23,27). The smallest absolute Gasteiger partial charge is 0.294 e. The Labute approximate surface area is 182 Å². The fraction of sp³-hybridized carbons (Fsp3) is 0.200. The van der Waals surface area contributed by atoms with Crippen molar-refractivity contribution in [2.45, 2.75) is 18.5 Å². The number of carbonyl (C=O) groups is 1. The number of methoxy groups -OCH3 is 1. The topological polar surface area (TPSA) is 112 Å². The molecule has 0 aliphatic rings. The summed E-state index contributed by atoms with van der Waals surface area (Å²) in [5.41, 5.74) is 2.29. The largest absolute Gasteiger partial charge is 0.495 e. The van der Waals surface area contributed by atoms with E-state index in [1.54, 1.807) is 18.2 Å². The molecule has 0 radical (unpaired) electrons. The number of aryl methyl sites for hydroxylation is 1. The van der Waals surface area contributed by atoms with E-state index in [4.69, 9.17) is 22.2 Å². The maximum atomic E-state index is 12.5. The highest BCUT2D eigenvalue weighted by molar-refractivity contribution is 7.99. The first-order valence-corrected chi connectivity index (χ1v) is 10.3. The van der Waals surface area contributed by atoms with Crippen LogP contribution >= 0.6 is 23.4 Å². The third kappa shape index (κ3) is 5.31. The number of benzene rings is 2. The molecule has 0 bridgehead atoms. The molecular weight excluding hydrogens is 426 g/mol. The van der Waals surface area contributed by atoms with Crippen LogP contribution in [0.4, 0.5) is 5.69 Å². The van der Waals surface area contributed by atoms with Crippen LogP contribution < -0.4 is 21.5 Å². The number of hydrogen-bond acceptors (Lipinski definition) is 7. The highest BCUT2D eigenvalue weighted by atomic mass is 35.5. The van der Waals surface area contributed by atoms with E-state index in [1.165, 1.54) is 7.11 Å². The normalized spacial score (nSPS) is 10.6. The van der Waals surface area contributed by atoms with Gasteiger partial charge in [0.15, 0.2) is 0 Å². The van der Waals surface area contributed by atoms with Gasteiger partial charge in [0.25, 0.3) is 5.56 Å². The summed E-state index contributed by atoms with van der Waals surface area (Å²) in [6, 6.07) is 12.7. The number of nitrogens with one attached hydrogen (secondary N) is 1. The van der Waals surface area contributed by atoms with Crippen LogP contribution in [0.25, 0.3) is 0 Å². The van der Waals surface area contributed by atoms with Gasteiger partial charge in [0.05, 0.1) is 18.6 Å². The molecule has 3 aromatic rings. The van der Waals surface area contributed by atoms with Gasteiger partial charge in [-0.05, 0) is 30.7 Å². The molecule has 1 aromatic heterocycles. The Morgan fingerprint density at radius 2 is 1.97 bits per heavy atom. The van der Waals surface area contributed by atoms with Crippen molar-refractivity contribution >= 4 is 35.0 Å². The summed E-state index contributed by atoms with van der Waals surface area (Å²) < 4.78 is 6.11. The molecule has 2 aromatic carbocycles. The van der Waals surface area contributed by atoms with E-state index >= 15 is 0 Å². The summed E-state index contributed by atoms with van der Waals surface area (Å²) in [7, 11) is 1.49. The second-order valence-electron chi connectivity index (χ2n) is 6.45. The number of nitrogens with two attached hydrogens (primary N) is 1. The van der Waals surface area contributed by atoms with E-state index < -0.39 is 5.56 Å². The number of amides is 1. The molecule has 1 heterocycles. The Balaban J connectivity index is 1.66. The molecule has 156 valence electrons. The zero-order valence-corrected chi connectivity index (χ0v) is 18.0. The molecule has 0 spiro atoms. The van der Waals surface area contributed by atoms with Gasteiger partial charge in [-0.1, -0.05) is 53.2 Å². The molecule has 0 unspecified atom stereocenters. The molecule has 0 atom stereocenters. The Bertz CT molecular complexity index is 1120. The van der Waals surface area contributed by atoms with E-state index in [2.05, 4.69) is 15.5 Å². The van der Waals surface area contributed by atoms with Crippen LogP contribution in [-0.4, -0.2) is 33.6 Å². The average molecular weight is 446 g/mol. The van der Waals surface area contributed by atoms with Gasteiger partial charge >= 0.3 is 0 Å². The highest BCUT2D eigenvalue weighted by Gasteiger charge is 2.14. The van der Waals surface area contributed by atoms with Gasteiger partial charge in [0.2, 0.25) is 11.1 Å². The number of carbonyl (C=O) groups excluding carboxylic acids is 1. The van der Waals surface area contributed by atoms with Gasteiger partial charge in [-0.3, -0.25) is 9.59 Å². The monoisotopic (exact) mass is 445 g/mol. The highest BCUT2D eigenvalue weighted by Crippen LogP contribution is 2.28. The summed E-state index contributed by atoms with van der Waals surface area (Å²) in [6.45, 7) is 1.99. The predicted molar refractivity (Wildman–Crippen MR) is 118 cm³/mol. The van der Waals surface area contributed by atoms with E-state index in [0.717, 1.165) is 27.6 Å². The number of thioether (sulfide) groups is 1. The van der Waals surface area contributed by atoms with Crippen LogP contribution in [0.5, 0.6) is 5.75 Å². The molecule has 0 fully saturated rings. The van der Waals surface area contributed by atoms with Crippen molar-refractivity contribution in [3.05, 3.63) is 74.7 Å². The summed E-state index contributed by atoms with van der Waals surface area (Å²) in [5, 5.41) is 11.3. The number of halogens is 1. The summed E-state index contributed by atoms with van der Waals surface area (Å²) in [6.07, 6.45) is 0.323. The molecule has 0 saturated carbocycles. The molecule has 3 N–H and O–H groups in total. The average Bonchev–Trinajstić information content (AvgIpc) is 2.72.